The number of hydrogen-bond donors (Lipinski definition) is 1. The van der Waals surface area contributed by atoms with Crippen molar-refractivity contribution in [2.75, 3.05) is 25.5 Å². The maximum atomic E-state index is 13.4. The Balaban J connectivity index is 1.25. The molecule has 186 valence electrons. The zero-order valence-corrected chi connectivity index (χ0v) is 20.8. The highest BCUT2D eigenvalue weighted by molar-refractivity contribution is 6.31. The summed E-state index contributed by atoms with van der Waals surface area (Å²) in [5.74, 6) is 1.20. The molecule has 1 aliphatic heterocycles. The van der Waals surface area contributed by atoms with Crippen LogP contribution in [0.5, 0.6) is 5.75 Å². The number of nitrogens with zero attached hydrogens (tertiary/aromatic N) is 3. The number of anilines is 1. The molecule has 4 aromatic rings. The molecule has 2 heterocycles. The summed E-state index contributed by atoms with van der Waals surface area (Å²) in [7, 11) is 1.67. The molecule has 1 amide bonds. The van der Waals surface area contributed by atoms with Gasteiger partial charge in [-0.1, -0.05) is 35.9 Å². The van der Waals surface area contributed by atoms with Gasteiger partial charge in [0.05, 0.1) is 29.7 Å². The molecule has 1 saturated heterocycles. The van der Waals surface area contributed by atoms with E-state index in [0.29, 0.717) is 12.2 Å². The molecule has 1 aromatic heterocycles. The highest BCUT2D eigenvalue weighted by atomic mass is 35.5. The van der Waals surface area contributed by atoms with Crippen LogP contribution in [-0.4, -0.2) is 40.6 Å². The quantitative estimate of drug-likeness (QED) is 0.347. The lowest BCUT2D eigenvalue weighted by molar-refractivity contribution is -0.121. The van der Waals surface area contributed by atoms with Crippen LogP contribution < -0.4 is 10.1 Å². The van der Waals surface area contributed by atoms with E-state index in [9.17, 15) is 9.18 Å². The van der Waals surface area contributed by atoms with Gasteiger partial charge in [-0.15, -0.1) is 0 Å². The lowest BCUT2D eigenvalue weighted by Gasteiger charge is -2.31. The van der Waals surface area contributed by atoms with Crippen molar-refractivity contribution in [1.29, 1.82) is 0 Å². The highest BCUT2D eigenvalue weighted by Crippen LogP contribution is 2.25. The SMILES string of the molecule is COc1ccc(Cn2c(CN3CCC(C(=O)Nc4ccc(F)c(Cl)c4)CC3)nc3ccccc32)cc1. The van der Waals surface area contributed by atoms with Gasteiger partial charge in [0.25, 0.3) is 0 Å². The topological polar surface area (TPSA) is 59.4 Å². The first-order valence-electron chi connectivity index (χ1n) is 12.1. The van der Waals surface area contributed by atoms with Crippen molar-refractivity contribution in [2.24, 2.45) is 5.92 Å². The number of methoxy groups -OCH3 is 1. The van der Waals surface area contributed by atoms with Crippen LogP contribution in [0.3, 0.4) is 0 Å². The molecular weight excluding hydrogens is 479 g/mol. The number of nitrogens with one attached hydrogen (secondary N) is 1. The van der Waals surface area contributed by atoms with Crippen LogP contribution in [0.1, 0.15) is 24.2 Å². The fourth-order valence-electron chi connectivity index (χ4n) is 4.71. The predicted molar refractivity (Wildman–Crippen MR) is 140 cm³/mol. The smallest absolute Gasteiger partial charge is 0.227 e. The van der Waals surface area contributed by atoms with E-state index < -0.39 is 5.82 Å². The lowest BCUT2D eigenvalue weighted by Crippen LogP contribution is -2.38. The molecule has 36 heavy (non-hydrogen) atoms. The van der Waals surface area contributed by atoms with E-state index in [0.717, 1.165) is 55.1 Å². The summed E-state index contributed by atoms with van der Waals surface area (Å²) in [5, 5.41) is 2.87. The van der Waals surface area contributed by atoms with E-state index in [-0.39, 0.29) is 16.8 Å². The number of ether oxygens (including phenoxy) is 1. The molecule has 1 aliphatic rings. The van der Waals surface area contributed by atoms with Crippen LogP contribution in [0, 0.1) is 11.7 Å². The molecule has 1 N–H and O–H groups in total. The average molecular weight is 507 g/mol. The number of hydrogen-bond acceptors (Lipinski definition) is 4. The van der Waals surface area contributed by atoms with Crippen LogP contribution in [0.4, 0.5) is 10.1 Å². The Labute approximate surface area is 214 Å². The molecule has 1 fully saturated rings. The van der Waals surface area contributed by atoms with Crippen molar-refractivity contribution in [1.82, 2.24) is 14.5 Å². The molecule has 0 unspecified atom stereocenters. The van der Waals surface area contributed by atoms with Crippen LogP contribution in [0.15, 0.2) is 66.7 Å². The molecular formula is C28H28ClFN4O2. The van der Waals surface area contributed by atoms with Gasteiger partial charge in [0, 0.05) is 18.2 Å². The number of amides is 1. The molecule has 0 radical (unpaired) electrons. The number of imidazole rings is 1. The third-order valence-electron chi connectivity index (χ3n) is 6.74. The van der Waals surface area contributed by atoms with E-state index >= 15 is 0 Å². The summed E-state index contributed by atoms with van der Waals surface area (Å²) >= 11 is 5.84. The number of fused-ring (bicyclic) bond motifs is 1. The van der Waals surface area contributed by atoms with Crippen molar-refractivity contribution in [3.63, 3.8) is 0 Å². The van der Waals surface area contributed by atoms with E-state index in [1.165, 1.54) is 23.8 Å². The molecule has 3 aromatic carbocycles. The molecule has 6 nitrogen and oxygen atoms in total. The van der Waals surface area contributed by atoms with Crippen molar-refractivity contribution >= 4 is 34.2 Å². The first-order valence-corrected chi connectivity index (χ1v) is 12.4. The minimum Gasteiger partial charge on any atom is -0.497 e. The van der Waals surface area contributed by atoms with E-state index in [4.69, 9.17) is 21.3 Å². The minimum atomic E-state index is -0.499. The highest BCUT2D eigenvalue weighted by Gasteiger charge is 2.26. The summed E-state index contributed by atoms with van der Waals surface area (Å²) in [6.45, 7) is 3.04. The van der Waals surface area contributed by atoms with Gasteiger partial charge in [0.2, 0.25) is 5.91 Å². The van der Waals surface area contributed by atoms with Gasteiger partial charge in [-0.25, -0.2) is 9.37 Å². The Morgan fingerprint density at radius 1 is 1.08 bits per heavy atom. The third-order valence-corrected chi connectivity index (χ3v) is 7.03. The van der Waals surface area contributed by atoms with Gasteiger partial charge in [-0.3, -0.25) is 9.69 Å². The molecule has 0 atom stereocenters. The maximum absolute atomic E-state index is 13.4. The predicted octanol–water partition coefficient (Wildman–Crippen LogP) is 5.74. The van der Waals surface area contributed by atoms with Crippen LogP contribution >= 0.6 is 11.6 Å². The molecule has 8 heteroatoms. The van der Waals surface area contributed by atoms with Gasteiger partial charge in [0.1, 0.15) is 17.4 Å². The van der Waals surface area contributed by atoms with Crippen LogP contribution in [0.2, 0.25) is 5.02 Å². The van der Waals surface area contributed by atoms with E-state index in [2.05, 4.69) is 33.0 Å². The van der Waals surface area contributed by atoms with Gasteiger partial charge in [-0.05, 0) is 74.0 Å². The number of likely N-dealkylation sites (tertiary alicyclic amines) is 1. The third kappa shape index (κ3) is 5.37. The number of aromatic nitrogens is 2. The monoisotopic (exact) mass is 506 g/mol. The number of carbonyl (C=O) groups excluding carboxylic acids is 1. The normalized spacial score (nSPS) is 14.8. The van der Waals surface area contributed by atoms with Crippen LogP contribution in [0.25, 0.3) is 11.0 Å². The maximum Gasteiger partial charge on any atom is 0.227 e. The summed E-state index contributed by atoms with van der Waals surface area (Å²) in [5.41, 5.74) is 3.78. The Morgan fingerprint density at radius 2 is 1.83 bits per heavy atom. The van der Waals surface area contributed by atoms with Gasteiger partial charge in [0.15, 0.2) is 0 Å². The first-order chi connectivity index (χ1) is 17.5. The minimum absolute atomic E-state index is 0.000137. The largest absolute Gasteiger partial charge is 0.497 e. The Bertz CT molecular complexity index is 1360. The Hall–Kier alpha value is -3.42. The fraction of sp³-hybridized carbons (Fsp3) is 0.286. The zero-order valence-electron chi connectivity index (χ0n) is 20.1. The number of benzene rings is 3. The van der Waals surface area contributed by atoms with Crippen molar-refractivity contribution in [2.45, 2.75) is 25.9 Å². The number of piperidine rings is 1. The summed E-state index contributed by atoms with van der Waals surface area (Å²) in [4.78, 5) is 20.0. The van der Waals surface area contributed by atoms with Crippen molar-refractivity contribution < 1.29 is 13.9 Å². The molecule has 0 bridgehead atoms. The molecule has 0 spiro atoms. The van der Waals surface area contributed by atoms with E-state index in [1.54, 1.807) is 7.11 Å². The summed E-state index contributed by atoms with van der Waals surface area (Å²) < 4.78 is 21.0. The van der Waals surface area contributed by atoms with Gasteiger partial charge in [-0.2, -0.15) is 0 Å². The van der Waals surface area contributed by atoms with Gasteiger partial charge >= 0.3 is 0 Å². The summed E-state index contributed by atoms with van der Waals surface area (Å²) in [6, 6.07) is 20.5. The Kier molecular flexibility index (Phi) is 7.20. The first kappa shape index (κ1) is 24.3. The summed E-state index contributed by atoms with van der Waals surface area (Å²) in [6.07, 6.45) is 1.50. The number of carbonyl (C=O) groups is 1. The number of para-hydroxylation sites is 2. The van der Waals surface area contributed by atoms with Crippen molar-refractivity contribution in [3.8, 4) is 5.75 Å². The molecule has 5 rings (SSSR count). The lowest BCUT2D eigenvalue weighted by atomic mass is 9.96. The second kappa shape index (κ2) is 10.7. The Morgan fingerprint density at radius 3 is 2.56 bits per heavy atom. The fourth-order valence-corrected chi connectivity index (χ4v) is 4.89. The standard InChI is InChI=1S/C28H28ClFN4O2/c1-36-22-9-6-19(7-10-22)17-34-26-5-3-2-4-25(26)32-27(34)18-33-14-12-20(13-15-33)28(35)31-21-8-11-24(30)23(29)16-21/h2-11,16,20H,12-15,17-18H2,1H3,(H,31,35). The zero-order chi connectivity index (χ0) is 25.1. The molecule has 0 saturated carbocycles. The number of halogens is 2. The van der Waals surface area contributed by atoms with Crippen LogP contribution in [-0.2, 0) is 17.9 Å². The molecule has 0 aliphatic carbocycles. The van der Waals surface area contributed by atoms with Crippen molar-refractivity contribution in [3.05, 3.63) is 89.0 Å². The van der Waals surface area contributed by atoms with Gasteiger partial charge < -0.3 is 14.6 Å². The second-order valence-corrected chi connectivity index (χ2v) is 9.53. The van der Waals surface area contributed by atoms with E-state index in [1.807, 2.05) is 30.3 Å². The number of rotatable bonds is 7. The second-order valence-electron chi connectivity index (χ2n) is 9.12. The average Bonchev–Trinajstić information content (AvgIpc) is 3.23.